The fourth-order valence-corrected chi connectivity index (χ4v) is 1.74. The van der Waals surface area contributed by atoms with Crippen molar-refractivity contribution < 1.29 is 0 Å². The molecule has 1 aromatic rings. The zero-order valence-electron chi connectivity index (χ0n) is 8.03. The summed E-state index contributed by atoms with van der Waals surface area (Å²) in [5.74, 6) is 1.76. The van der Waals surface area contributed by atoms with Gasteiger partial charge in [0, 0.05) is 26.2 Å². The monoisotopic (exact) mass is 180 g/mol. The molecule has 4 nitrogen and oxygen atoms in total. The molecule has 0 saturated carbocycles. The van der Waals surface area contributed by atoms with E-state index in [9.17, 15) is 0 Å². The molecule has 1 aliphatic rings. The number of hydrogen-bond acceptors (Lipinski definition) is 3. The Morgan fingerprint density at radius 1 is 1.31 bits per heavy atom. The van der Waals surface area contributed by atoms with Gasteiger partial charge >= 0.3 is 0 Å². The van der Waals surface area contributed by atoms with Gasteiger partial charge in [-0.2, -0.15) is 5.10 Å². The lowest BCUT2D eigenvalue weighted by Crippen LogP contribution is -2.29. The Hall–Kier alpha value is -1.19. The van der Waals surface area contributed by atoms with Gasteiger partial charge in [-0.05, 0) is 19.3 Å². The van der Waals surface area contributed by atoms with Gasteiger partial charge < -0.3 is 10.6 Å². The molecule has 13 heavy (non-hydrogen) atoms. The van der Waals surface area contributed by atoms with Crippen LogP contribution in [0.3, 0.4) is 0 Å². The highest BCUT2D eigenvalue weighted by molar-refractivity contribution is 5.47. The summed E-state index contributed by atoms with van der Waals surface area (Å²) in [6, 6.07) is 1.95. The number of aromatic nitrogens is 2. The zero-order chi connectivity index (χ0) is 9.26. The van der Waals surface area contributed by atoms with Crippen LogP contribution in [0.4, 0.5) is 11.6 Å². The first-order valence-electron chi connectivity index (χ1n) is 4.82. The summed E-state index contributed by atoms with van der Waals surface area (Å²) in [6.45, 7) is 2.24. The fraction of sp³-hybridized carbons (Fsp3) is 0.667. The van der Waals surface area contributed by atoms with E-state index in [0.29, 0.717) is 0 Å². The molecule has 1 aliphatic heterocycles. The third kappa shape index (κ3) is 1.61. The van der Waals surface area contributed by atoms with Crippen molar-refractivity contribution in [2.24, 2.45) is 7.05 Å². The maximum Gasteiger partial charge on any atom is 0.152 e. The van der Waals surface area contributed by atoms with E-state index < -0.39 is 0 Å². The number of nitrogen functional groups attached to an aromatic ring is 1. The molecule has 0 bridgehead atoms. The Morgan fingerprint density at radius 2 is 2.00 bits per heavy atom. The SMILES string of the molecule is Cn1nc(N2CCCCC2)cc1N. The second-order valence-corrected chi connectivity index (χ2v) is 3.60. The van der Waals surface area contributed by atoms with Gasteiger partial charge in [-0.3, -0.25) is 4.68 Å². The molecule has 0 radical (unpaired) electrons. The number of rotatable bonds is 1. The highest BCUT2D eigenvalue weighted by atomic mass is 15.4. The number of aryl methyl sites for hydroxylation is 1. The lowest BCUT2D eigenvalue weighted by atomic mass is 10.1. The molecule has 2 rings (SSSR count). The molecule has 0 atom stereocenters. The minimum Gasteiger partial charge on any atom is -0.384 e. The largest absolute Gasteiger partial charge is 0.384 e. The van der Waals surface area contributed by atoms with Gasteiger partial charge in [0.2, 0.25) is 0 Å². The predicted molar refractivity (Wildman–Crippen MR) is 53.7 cm³/mol. The molecular formula is C9H16N4. The predicted octanol–water partition coefficient (Wildman–Crippen LogP) is 0.993. The minimum absolute atomic E-state index is 0.737. The molecule has 0 spiro atoms. The maximum absolute atomic E-state index is 5.72. The van der Waals surface area contributed by atoms with Crippen molar-refractivity contribution >= 4 is 11.6 Å². The van der Waals surface area contributed by atoms with Crippen LogP contribution >= 0.6 is 0 Å². The Kier molecular flexibility index (Phi) is 2.12. The van der Waals surface area contributed by atoms with Crippen LogP contribution in [0.5, 0.6) is 0 Å². The molecule has 4 heteroatoms. The van der Waals surface area contributed by atoms with Crippen molar-refractivity contribution in [3.63, 3.8) is 0 Å². The number of piperidine rings is 1. The Labute approximate surface area is 78.3 Å². The van der Waals surface area contributed by atoms with Crippen molar-refractivity contribution in [1.82, 2.24) is 9.78 Å². The molecule has 2 heterocycles. The number of hydrogen-bond donors (Lipinski definition) is 1. The van der Waals surface area contributed by atoms with Crippen molar-refractivity contribution in [1.29, 1.82) is 0 Å². The van der Waals surface area contributed by atoms with Gasteiger partial charge in [-0.25, -0.2) is 0 Å². The quantitative estimate of drug-likeness (QED) is 0.701. The van der Waals surface area contributed by atoms with Crippen molar-refractivity contribution in [2.45, 2.75) is 19.3 Å². The molecule has 2 N–H and O–H groups in total. The molecule has 72 valence electrons. The smallest absolute Gasteiger partial charge is 0.152 e. The molecule has 1 aromatic heterocycles. The highest BCUT2D eigenvalue weighted by Crippen LogP contribution is 2.19. The van der Waals surface area contributed by atoms with Crippen LogP contribution in [-0.4, -0.2) is 22.9 Å². The van der Waals surface area contributed by atoms with Gasteiger partial charge in [0.25, 0.3) is 0 Å². The van der Waals surface area contributed by atoms with Gasteiger partial charge in [0.15, 0.2) is 5.82 Å². The van der Waals surface area contributed by atoms with E-state index in [1.807, 2.05) is 13.1 Å². The normalized spacial score (nSPS) is 17.8. The lowest BCUT2D eigenvalue weighted by molar-refractivity contribution is 0.570. The molecule has 0 aromatic carbocycles. The first-order chi connectivity index (χ1) is 6.27. The van der Waals surface area contributed by atoms with Gasteiger partial charge in [-0.15, -0.1) is 0 Å². The molecule has 1 fully saturated rings. The maximum atomic E-state index is 5.72. The molecule has 1 saturated heterocycles. The van der Waals surface area contributed by atoms with E-state index >= 15 is 0 Å². The van der Waals surface area contributed by atoms with Crippen LogP contribution in [0, 0.1) is 0 Å². The summed E-state index contributed by atoms with van der Waals surface area (Å²) in [5.41, 5.74) is 5.72. The first kappa shape index (κ1) is 8.41. The highest BCUT2D eigenvalue weighted by Gasteiger charge is 2.13. The average Bonchev–Trinajstić information content (AvgIpc) is 2.49. The topological polar surface area (TPSA) is 47.1 Å². The zero-order valence-corrected chi connectivity index (χ0v) is 8.03. The van der Waals surface area contributed by atoms with Crippen molar-refractivity contribution in [3.05, 3.63) is 6.07 Å². The van der Waals surface area contributed by atoms with E-state index in [0.717, 1.165) is 24.7 Å². The Bertz CT molecular complexity index is 266. The van der Waals surface area contributed by atoms with Gasteiger partial charge in [0.1, 0.15) is 5.82 Å². The fourth-order valence-electron chi connectivity index (χ4n) is 1.74. The third-order valence-corrected chi connectivity index (χ3v) is 2.58. The lowest BCUT2D eigenvalue weighted by Gasteiger charge is -2.26. The molecule has 0 aliphatic carbocycles. The van der Waals surface area contributed by atoms with Gasteiger partial charge in [-0.1, -0.05) is 0 Å². The molecule has 0 amide bonds. The van der Waals surface area contributed by atoms with Gasteiger partial charge in [0.05, 0.1) is 0 Å². The Morgan fingerprint density at radius 3 is 2.54 bits per heavy atom. The van der Waals surface area contributed by atoms with E-state index in [1.165, 1.54) is 19.3 Å². The van der Waals surface area contributed by atoms with Crippen LogP contribution in [0.1, 0.15) is 19.3 Å². The van der Waals surface area contributed by atoms with Crippen LogP contribution in [0.15, 0.2) is 6.07 Å². The van der Waals surface area contributed by atoms with Crippen molar-refractivity contribution in [2.75, 3.05) is 23.7 Å². The number of nitrogens with two attached hydrogens (primary N) is 1. The molecular weight excluding hydrogens is 164 g/mol. The standard InChI is InChI=1S/C9H16N4/c1-12-8(10)7-9(11-12)13-5-3-2-4-6-13/h7H,2-6,10H2,1H3. The van der Waals surface area contributed by atoms with E-state index in [-0.39, 0.29) is 0 Å². The van der Waals surface area contributed by atoms with Crippen LogP contribution in [0.2, 0.25) is 0 Å². The number of anilines is 2. The Balaban J connectivity index is 2.14. The van der Waals surface area contributed by atoms with E-state index in [4.69, 9.17) is 5.73 Å². The number of nitrogens with zero attached hydrogens (tertiary/aromatic N) is 3. The summed E-state index contributed by atoms with van der Waals surface area (Å²) in [7, 11) is 1.88. The first-order valence-corrected chi connectivity index (χ1v) is 4.82. The second-order valence-electron chi connectivity index (χ2n) is 3.60. The summed E-state index contributed by atoms with van der Waals surface area (Å²) in [4.78, 5) is 2.31. The summed E-state index contributed by atoms with van der Waals surface area (Å²) in [6.07, 6.45) is 3.89. The molecule has 0 unspecified atom stereocenters. The summed E-state index contributed by atoms with van der Waals surface area (Å²) in [5, 5.41) is 4.35. The summed E-state index contributed by atoms with van der Waals surface area (Å²) >= 11 is 0. The van der Waals surface area contributed by atoms with Crippen LogP contribution < -0.4 is 10.6 Å². The van der Waals surface area contributed by atoms with Crippen LogP contribution in [-0.2, 0) is 7.05 Å². The van der Waals surface area contributed by atoms with E-state index in [1.54, 1.807) is 4.68 Å². The average molecular weight is 180 g/mol. The third-order valence-electron chi connectivity index (χ3n) is 2.58. The minimum atomic E-state index is 0.737. The summed E-state index contributed by atoms with van der Waals surface area (Å²) < 4.78 is 1.73. The second kappa shape index (κ2) is 3.28. The van der Waals surface area contributed by atoms with E-state index in [2.05, 4.69) is 10.00 Å². The van der Waals surface area contributed by atoms with Crippen LogP contribution in [0.25, 0.3) is 0 Å². The van der Waals surface area contributed by atoms with Crippen molar-refractivity contribution in [3.8, 4) is 0 Å².